The molecule has 3 aromatic carbocycles. The van der Waals surface area contributed by atoms with Crippen LogP contribution in [0.3, 0.4) is 0 Å². The highest BCUT2D eigenvalue weighted by molar-refractivity contribution is 5.82. The monoisotopic (exact) mass is 592 g/mol. The summed E-state index contributed by atoms with van der Waals surface area (Å²) in [5.74, 6) is 0.109. The number of aromatic hydroxyl groups is 1. The number of aryl methyl sites for hydroxylation is 1. The molecule has 3 aliphatic rings. The third-order valence-electron chi connectivity index (χ3n) is 9.10. The Balaban J connectivity index is 0.976. The van der Waals surface area contributed by atoms with Crippen molar-refractivity contribution < 1.29 is 9.67 Å². The average molecular weight is 593 g/mol. The zero-order chi connectivity index (χ0) is 30.2. The predicted octanol–water partition coefficient (Wildman–Crippen LogP) is 4.79. The van der Waals surface area contributed by atoms with Gasteiger partial charge in [0.25, 0.3) is 0 Å². The van der Waals surface area contributed by atoms with E-state index in [1.165, 1.54) is 11.4 Å². The van der Waals surface area contributed by atoms with Gasteiger partial charge in [-0.15, -0.1) is 0 Å². The fourth-order valence-corrected chi connectivity index (χ4v) is 6.58. The quantitative estimate of drug-likeness (QED) is 0.101. The maximum Gasteiger partial charge on any atom is 0.243 e. The van der Waals surface area contributed by atoms with Gasteiger partial charge in [0.15, 0.2) is 0 Å². The van der Waals surface area contributed by atoms with Crippen molar-refractivity contribution >= 4 is 39.8 Å². The Morgan fingerprint density at radius 1 is 0.818 bits per heavy atom. The molecule has 2 saturated heterocycles. The lowest BCUT2D eigenvalue weighted by Gasteiger charge is -2.26. The van der Waals surface area contributed by atoms with Gasteiger partial charge in [0.2, 0.25) is 6.33 Å². The van der Waals surface area contributed by atoms with Crippen molar-refractivity contribution in [3.8, 4) is 5.75 Å². The number of anilines is 7. The molecular weight excluding hydrogens is 550 g/mol. The summed E-state index contributed by atoms with van der Waals surface area (Å²) in [6, 6.07) is 21.4. The molecule has 0 aliphatic carbocycles. The third-order valence-corrected chi connectivity index (χ3v) is 9.10. The number of aromatic nitrogens is 2. The lowest BCUT2D eigenvalue weighted by molar-refractivity contribution is -0.671. The van der Waals surface area contributed by atoms with Gasteiger partial charge in [-0.25, -0.2) is 9.13 Å². The van der Waals surface area contributed by atoms with E-state index in [2.05, 4.69) is 133 Å². The zero-order valence-corrected chi connectivity index (χ0v) is 25.5. The first-order valence-electron chi connectivity index (χ1n) is 15.4. The molecule has 4 heterocycles. The molecule has 228 valence electrons. The van der Waals surface area contributed by atoms with Gasteiger partial charge in [0.1, 0.15) is 24.2 Å². The predicted molar refractivity (Wildman–Crippen MR) is 178 cm³/mol. The Bertz CT molecular complexity index is 1630. The summed E-state index contributed by atoms with van der Waals surface area (Å²) in [4.78, 5) is 9.52. The molecule has 1 aromatic heterocycles. The molecule has 2 atom stereocenters. The van der Waals surface area contributed by atoms with E-state index in [1.54, 1.807) is 6.07 Å². The van der Waals surface area contributed by atoms with Gasteiger partial charge in [-0.2, -0.15) is 0 Å². The number of nitrogens with zero attached hydrogens (tertiary/aromatic N) is 6. The lowest BCUT2D eigenvalue weighted by atomic mass is 10.2. The molecule has 2 unspecified atom stereocenters. The highest BCUT2D eigenvalue weighted by Crippen LogP contribution is 2.37. The van der Waals surface area contributed by atoms with Gasteiger partial charge in [0.05, 0.1) is 37.3 Å². The van der Waals surface area contributed by atoms with Crippen molar-refractivity contribution in [2.75, 3.05) is 66.1 Å². The van der Waals surface area contributed by atoms with Crippen LogP contribution in [0.4, 0.5) is 39.8 Å². The van der Waals surface area contributed by atoms with Crippen molar-refractivity contribution in [3.63, 3.8) is 0 Å². The second-order valence-electron chi connectivity index (χ2n) is 12.3. The molecule has 10 heteroatoms. The summed E-state index contributed by atoms with van der Waals surface area (Å²) in [5.41, 5.74) is 12.4. The van der Waals surface area contributed by atoms with Crippen LogP contribution in [0, 0.1) is 0 Å². The summed E-state index contributed by atoms with van der Waals surface area (Å²) in [5, 5.41) is 17.5. The summed E-state index contributed by atoms with van der Waals surface area (Å²) >= 11 is 0. The first-order chi connectivity index (χ1) is 21.4. The number of hydrogen-bond donors (Lipinski definition) is 4. The van der Waals surface area contributed by atoms with E-state index in [0.717, 1.165) is 62.8 Å². The Morgan fingerprint density at radius 3 is 2.02 bits per heavy atom. The molecular formula is C34H42N9O+. The molecule has 0 spiro atoms. The minimum absolute atomic E-state index is 0.109. The van der Waals surface area contributed by atoms with E-state index in [-0.39, 0.29) is 5.75 Å². The van der Waals surface area contributed by atoms with Gasteiger partial charge in [-0.3, -0.25) is 0 Å². The number of rotatable bonds is 8. The highest BCUT2D eigenvalue weighted by Gasteiger charge is 2.29. The van der Waals surface area contributed by atoms with Gasteiger partial charge in [-0.1, -0.05) is 0 Å². The van der Waals surface area contributed by atoms with E-state index in [4.69, 9.17) is 5.73 Å². The fraction of sp³-hybridized carbons (Fsp3) is 0.324. The maximum absolute atomic E-state index is 10.7. The largest absolute Gasteiger partial charge is 0.506 e. The number of phenols is 1. The summed E-state index contributed by atoms with van der Waals surface area (Å²) in [6.07, 6.45) is 13.0. The number of nitrogens with two attached hydrogens (primary N) is 1. The maximum atomic E-state index is 10.7. The minimum Gasteiger partial charge on any atom is -0.506 e. The molecule has 0 radical (unpaired) electrons. The van der Waals surface area contributed by atoms with Crippen molar-refractivity contribution in [3.05, 3.63) is 91.8 Å². The Labute approximate surface area is 259 Å². The molecule has 4 aromatic rings. The number of imidazole rings is 1. The molecule has 0 amide bonds. The standard InChI is InChI=1S/C34H41N9O/c1-38-15-17-42(23-38)29-11-13-40(21-29)27-7-3-25(4-8-27)36-32-20-33(34(44)19-31(32)35)37-26-5-9-28(10-6-26)41-14-12-30(22-41)43-18-16-39(2)24-43/h3-10,15-20,24,29-30,36-37H,11-14,21-23,35H2,1-2H3/p+1. The van der Waals surface area contributed by atoms with E-state index in [1.807, 2.05) is 6.07 Å². The molecule has 0 saturated carbocycles. The van der Waals surface area contributed by atoms with E-state index >= 15 is 0 Å². The van der Waals surface area contributed by atoms with Crippen LogP contribution in [0.25, 0.3) is 0 Å². The number of phenolic OH excluding ortho intramolecular Hbond substituents is 1. The molecule has 2 fully saturated rings. The van der Waals surface area contributed by atoms with Crippen molar-refractivity contribution in [2.45, 2.75) is 24.9 Å². The van der Waals surface area contributed by atoms with Crippen LogP contribution in [0.15, 0.2) is 91.8 Å². The van der Waals surface area contributed by atoms with Crippen molar-refractivity contribution in [2.24, 2.45) is 7.05 Å². The molecule has 10 nitrogen and oxygen atoms in total. The van der Waals surface area contributed by atoms with Gasteiger partial charge in [0, 0.05) is 80.4 Å². The van der Waals surface area contributed by atoms with Crippen LogP contribution < -0.4 is 30.7 Å². The fourth-order valence-electron chi connectivity index (χ4n) is 6.58. The van der Waals surface area contributed by atoms with Crippen LogP contribution in [0.1, 0.15) is 18.9 Å². The van der Waals surface area contributed by atoms with Gasteiger partial charge in [-0.05, 0) is 61.0 Å². The van der Waals surface area contributed by atoms with E-state index in [9.17, 15) is 5.11 Å². The summed E-state index contributed by atoms with van der Waals surface area (Å²) in [6.45, 7) is 5.06. The van der Waals surface area contributed by atoms with E-state index < -0.39 is 0 Å². The van der Waals surface area contributed by atoms with E-state index in [0.29, 0.717) is 23.5 Å². The topological polar surface area (TPSA) is 92.1 Å². The van der Waals surface area contributed by atoms with Crippen LogP contribution >= 0.6 is 0 Å². The highest BCUT2D eigenvalue weighted by atomic mass is 16.3. The minimum atomic E-state index is 0.109. The number of nitrogen functional groups attached to an aromatic ring is 1. The van der Waals surface area contributed by atoms with Gasteiger partial charge >= 0.3 is 0 Å². The summed E-state index contributed by atoms with van der Waals surface area (Å²) < 4.78 is 4.39. The number of nitrogens with one attached hydrogen (secondary N) is 2. The first-order valence-corrected chi connectivity index (χ1v) is 15.4. The van der Waals surface area contributed by atoms with Crippen molar-refractivity contribution in [1.29, 1.82) is 0 Å². The number of benzene rings is 3. The van der Waals surface area contributed by atoms with Crippen molar-refractivity contribution in [1.82, 2.24) is 14.4 Å². The Hall–Kier alpha value is -4.99. The lowest BCUT2D eigenvalue weighted by Crippen LogP contribution is -2.35. The Kier molecular flexibility index (Phi) is 7.33. The summed E-state index contributed by atoms with van der Waals surface area (Å²) in [7, 11) is 4.17. The second kappa shape index (κ2) is 11.6. The number of hydrogen-bond acceptors (Lipinski definition) is 8. The second-order valence-corrected chi connectivity index (χ2v) is 12.3. The molecule has 0 bridgehead atoms. The SMILES string of the molecule is CN1C=CN(C2CCN(c3ccc(Nc4cc(Nc5ccc(N6CCC(n7cc[n+](C)c7)C6)cc5)c(O)cc4N)cc3)C2)C1. The average Bonchev–Trinajstić information content (AvgIpc) is 3.84. The van der Waals surface area contributed by atoms with Crippen LogP contribution in [-0.2, 0) is 7.05 Å². The zero-order valence-electron chi connectivity index (χ0n) is 25.5. The molecule has 3 aliphatic heterocycles. The van der Waals surface area contributed by atoms with Crippen LogP contribution in [0.2, 0.25) is 0 Å². The smallest absolute Gasteiger partial charge is 0.243 e. The van der Waals surface area contributed by atoms with Crippen LogP contribution in [-0.4, -0.2) is 65.4 Å². The first kappa shape index (κ1) is 27.8. The Morgan fingerprint density at radius 2 is 1.43 bits per heavy atom. The van der Waals surface area contributed by atoms with Gasteiger partial charge < -0.3 is 41.1 Å². The molecule has 44 heavy (non-hydrogen) atoms. The molecule has 7 rings (SSSR count). The normalized spacial score (nSPS) is 19.8. The molecule has 5 N–H and O–H groups in total. The third kappa shape index (κ3) is 5.79. The van der Waals surface area contributed by atoms with Crippen LogP contribution in [0.5, 0.6) is 5.75 Å².